The topological polar surface area (TPSA) is 73.4 Å². The molecule has 0 saturated carbocycles. The highest BCUT2D eigenvalue weighted by Gasteiger charge is 2.27. The summed E-state index contributed by atoms with van der Waals surface area (Å²) in [5.41, 5.74) is 1.46. The summed E-state index contributed by atoms with van der Waals surface area (Å²) >= 11 is 0. The molecule has 25 heavy (non-hydrogen) atoms. The standard InChI is InChI=1S/C17H16FN7/c1-12-10-23(15-4-2-3-14(18)13(15)9-19)7-8-24(12)17-6-5-16-21-20-11-25(16)22-17/h2-6,11-12H,7-8,10H2,1H3/t12-/m1/s1. The van der Waals surface area contributed by atoms with Crippen molar-refractivity contribution in [3.8, 4) is 6.07 Å². The van der Waals surface area contributed by atoms with E-state index in [2.05, 4.69) is 32.0 Å². The molecule has 0 radical (unpaired) electrons. The number of hydrogen-bond acceptors (Lipinski definition) is 6. The van der Waals surface area contributed by atoms with Crippen LogP contribution in [0.3, 0.4) is 0 Å². The molecule has 7 nitrogen and oxygen atoms in total. The molecule has 0 N–H and O–H groups in total. The summed E-state index contributed by atoms with van der Waals surface area (Å²) in [4.78, 5) is 4.25. The van der Waals surface area contributed by atoms with Crippen molar-refractivity contribution in [3.05, 3.63) is 48.0 Å². The van der Waals surface area contributed by atoms with Gasteiger partial charge >= 0.3 is 0 Å². The molecule has 1 aromatic carbocycles. The van der Waals surface area contributed by atoms with Crippen molar-refractivity contribution < 1.29 is 4.39 Å². The molecule has 2 aromatic heterocycles. The van der Waals surface area contributed by atoms with Gasteiger partial charge < -0.3 is 9.80 Å². The predicted molar refractivity (Wildman–Crippen MR) is 90.9 cm³/mol. The van der Waals surface area contributed by atoms with Crippen molar-refractivity contribution in [2.45, 2.75) is 13.0 Å². The maximum atomic E-state index is 13.9. The van der Waals surface area contributed by atoms with Gasteiger partial charge in [0.2, 0.25) is 0 Å². The Morgan fingerprint density at radius 3 is 2.92 bits per heavy atom. The lowest BCUT2D eigenvalue weighted by atomic mass is 10.1. The monoisotopic (exact) mass is 337 g/mol. The molecule has 126 valence electrons. The molecule has 0 aliphatic carbocycles. The van der Waals surface area contributed by atoms with E-state index in [9.17, 15) is 9.65 Å². The quantitative estimate of drug-likeness (QED) is 0.710. The van der Waals surface area contributed by atoms with Crippen molar-refractivity contribution in [2.24, 2.45) is 0 Å². The molecule has 0 spiro atoms. The van der Waals surface area contributed by atoms with Gasteiger partial charge in [-0.25, -0.2) is 4.39 Å². The number of hydrogen-bond donors (Lipinski definition) is 0. The van der Waals surface area contributed by atoms with Crippen molar-refractivity contribution in [3.63, 3.8) is 0 Å². The van der Waals surface area contributed by atoms with Crippen LogP contribution in [0.5, 0.6) is 0 Å². The van der Waals surface area contributed by atoms with Crippen LogP contribution in [-0.4, -0.2) is 45.5 Å². The summed E-state index contributed by atoms with van der Waals surface area (Å²) in [7, 11) is 0. The van der Waals surface area contributed by atoms with Gasteiger partial charge in [0, 0.05) is 25.7 Å². The van der Waals surface area contributed by atoms with Crippen LogP contribution in [0.4, 0.5) is 15.9 Å². The third-order valence-electron chi connectivity index (χ3n) is 4.51. The first kappa shape index (κ1) is 15.3. The van der Waals surface area contributed by atoms with Crippen LogP contribution in [0.15, 0.2) is 36.7 Å². The molecule has 1 fully saturated rings. The lowest BCUT2D eigenvalue weighted by Crippen LogP contribution is -2.52. The van der Waals surface area contributed by atoms with E-state index in [0.717, 1.165) is 12.4 Å². The number of benzene rings is 1. The Kier molecular flexibility index (Phi) is 3.69. The SMILES string of the molecule is C[C@@H]1CN(c2cccc(F)c2C#N)CCN1c1ccc2nncn2n1. The third kappa shape index (κ3) is 2.63. The first-order chi connectivity index (χ1) is 12.2. The molecule has 4 rings (SSSR count). The van der Waals surface area contributed by atoms with E-state index in [-0.39, 0.29) is 11.6 Å². The lowest BCUT2D eigenvalue weighted by molar-refractivity contribution is 0.540. The minimum absolute atomic E-state index is 0.104. The van der Waals surface area contributed by atoms with Gasteiger partial charge in [-0.05, 0) is 31.2 Å². The van der Waals surface area contributed by atoms with Crippen LogP contribution < -0.4 is 9.80 Å². The van der Waals surface area contributed by atoms with Crippen LogP contribution in [-0.2, 0) is 0 Å². The number of fused-ring (bicyclic) bond motifs is 1. The number of nitrogens with zero attached hydrogens (tertiary/aromatic N) is 7. The van der Waals surface area contributed by atoms with Gasteiger partial charge in [-0.2, -0.15) is 9.78 Å². The molecule has 1 aliphatic heterocycles. The van der Waals surface area contributed by atoms with Crippen LogP contribution >= 0.6 is 0 Å². The van der Waals surface area contributed by atoms with Crippen LogP contribution in [0.2, 0.25) is 0 Å². The summed E-state index contributed by atoms with van der Waals surface area (Å²) in [5, 5.41) is 21.6. The molecule has 3 heterocycles. The smallest absolute Gasteiger partial charge is 0.177 e. The maximum absolute atomic E-state index is 13.9. The fourth-order valence-corrected chi connectivity index (χ4v) is 3.28. The van der Waals surface area contributed by atoms with Crippen LogP contribution in [0, 0.1) is 17.1 Å². The second-order valence-electron chi connectivity index (χ2n) is 6.06. The van der Waals surface area contributed by atoms with E-state index in [1.807, 2.05) is 18.2 Å². The van der Waals surface area contributed by atoms with Crippen molar-refractivity contribution in [2.75, 3.05) is 29.4 Å². The molecule has 8 heteroatoms. The number of halogens is 1. The Bertz CT molecular complexity index is 961. The van der Waals surface area contributed by atoms with E-state index in [4.69, 9.17) is 0 Å². The highest BCUT2D eigenvalue weighted by Crippen LogP contribution is 2.26. The van der Waals surface area contributed by atoms with Crippen LogP contribution in [0.1, 0.15) is 12.5 Å². The molecular formula is C17H16FN7. The fraction of sp³-hybridized carbons (Fsp3) is 0.294. The predicted octanol–water partition coefficient (Wildman–Crippen LogP) is 1.85. The Balaban J connectivity index is 1.58. The zero-order chi connectivity index (χ0) is 17.4. The van der Waals surface area contributed by atoms with Gasteiger partial charge in [-0.3, -0.25) is 0 Å². The van der Waals surface area contributed by atoms with Gasteiger partial charge in [0.15, 0.2) is 5.65 Å². The second kappa shape index (κ2) is 6.02. The fourth-order valence-electron chi connectivity index (χ4n) is 3.28. The van der Waals surface area contributed by atoms with Gasteiger partial charge in [0.05, 0.1) is 5.69 Å². The van der Waals surface area contributed by atoms with Gasteiger partial charge in [0.1, 0.15) is 29.6 Å². The van der Waals surface area contributed by atoms with Crippen molar-refractivity contribution in [1.29, 1.82) is 5.26 Å². The van der Waals surface area contributed by atoms with E-state index in [1.54, 1.807) is 23.0 Å². The van der Waals surface area contributed by atoms with Crippen LogP contribution in [0.25, 0.3) is 5.65 Å². The van der Waals surface area contributed by atoms with E-state index in [0.29, 0.717) is 24.4 Å². The Labute approximate surface area is 143 Å². The molecule has 1 aliphatic rings. The summed E-state index contributed by atoms with van der Waals surface area (Å²) < 4.78 is 15.5. The largest absolute Gasteiger partial charge is 0.367 e. The highest BCUT2D eigenvalue weighted by atomic mass is 19.1. The minimum atomic E-state index is -0.477. The molecule has 1 atom stereocenters. The van der Waals surface area contributed by atoms with Crippen molar-refractivity contribution in [1.82, 2.24) is 19.8 Å². The van der Waals surface area contributed by atoms with Gasteiger partial charge in [-0.1, -0.05) is 6.07 Å². The molecule has 0 bridgehead atoms. The van der Waals surface area contributed by atoms with Gasteiger partial charge in [-0.15, -0.1) is 15.3 Å². The summed E-state index contributed by atoms with van der Waals surface area (Å²) in [5.74, 6) is 0.369. The molecule has 1 saturated heterocycles. The summed E-state index contributed by atoms with van der Waals surface area (Å²) in [6.07, 6.45) is 1.58. The zero-order valence-electron chi connectivity index (χ0n) is 13.7. The van der Waals surface area contributed by atoms with E-state index < -0.39 is 5.82 Å². The first-order valence-corrected chi connectivity index (χ1v) is 8.04. The number of anilines is 2. The zero-order valence-corrected chi connectivity index (χ0v) is 13.7. The number of rotatable bonds is 2. The lowest BCUT2D eigenvalue weighted by Gasteiger charge is -2.41. The second-order valence-corrected chi connectivity index (χ2v) is 6.06. The number of nitriles is 1. The Morgan fingerprint density at radius 2 is 2.12 bits per heavy atom. The molecule has 3 aromatic rings. The Hall–Kier alpha value is -3.21. The first-order valence-electron chi connectivity index (χ1n) is 8.04. The summed E-state index contributed by atoms with van der Waals surface area (Å²) in [6, 6.07) is 10.7. The van der Waals surface area contributed by atoms with Gasteiger partial charge in [0.25, 0.3) is 0 Å². The molecule has 0 unspecified atom stereocenters. The average Bonchev–Trinajstić information content (AvgIpc) is 3.09. The average molecular weight is 337 g/mol. The molecular weight excluding hydrogens is 321 g/mol. The highest BCUT2D eigenvalue weighted by molar-refractivity contribution is 5.61. The van der Waals surface area contributed by atoms with Crippen molar-refractivity contribution >= 4 is 17.2 Å². The number of piperazine rings is 1. The normalized spacial score (nSPS) is 17.7. The maximum Gasteiger partial charge on any atom is 0.177 e. The van der Waals surface area contributed by atoms with E-state index in [1.165, 1.54) is 6.07 Å². The van der Waals surface area contributed by atoms with E-state index >= 15 is 0 Å². The third-order valence-corrected chi connectivity index (χ3v) is 4.51. The minimum Gasteiger partial charge on any atom is -0.367 e. The summed E-state index contributed by atoms with van der Waals surface area (Å²) in [6.45, 7) is 4.18. The molecule has 0 amide bonds. The number of aromatic nitrogens is 4. The Morgan fingerprint density at radius 1 is 1.24 bits per heavy atom.